The molecule has 0 amide bonds. The van der Waals surface area contributed by atoms with Gasteiger partial charge in [0, 0.05) is 36.3 Å². The number of hydrogen-bond acceptors (Lipinski definition) is 7. The van der Waals surface area contributed by atoms with Crippen LogP contribution in [-0.4, -0.2) is 41.3 Å². The summed E-state index contributed by atoms with van der Waals surface area (Å²) in [5.74, 6) is 0. The fraction of sp³-hybridized carbons (Fsp3) is 0.474. The van der Waals surface area contributed by atoms with Crippen molar-refractivity contribution in [1.82, 2.24) is 15.3 Å². The number of aromatic nitrogens is 2. The molecule has 0 saturated carbocycles. The number of likely N-dealkylation sites (N-methyl/N-ethyl adjacent to an activating group) is 1. The fourth-order valence-electron chi connectivity index (χ4n) is 3.56. The Morgan fingerprint density at radius 1 is 1.38 bits per heavy atom. The van der Waals surface area contributed by atoms with Crippen LogP contribution in [0.4, 0.5) is 6.01 Å². The van der Waals surface area contributed by atoms with Crippen molar-refractivity contribution >= 4 is 28.5 Å². The third-order valence-electron chi connectivity index (χ3n) is 5.03. The Labute approximate surface area is 156 Å². The van der Waals surface area contributed by atoms with E-state index < -0.39 is 6.10 Å². The molecule has 3 aromatic rings. The second-order valence-corrected chi connectivity index (χ2v) is 7.71. The average molecular weight is 372 g/mol. The molecule has 138 valence electrons. The van der Waals surface area contributed by atoms with Crippen molar-refractivity contribution in [1.29, 1.82) is 0 Å². The number of nitrogens with one attached hydrogen (secondary N) is 1. The lowest BCUT2D eigenvalue weighted by Gasteiger charge is -2.22. The van der Waals surface area contributed by atoms with Crippen LogP contribution in [0, 0.1) is 0 Å². The lowest BCUT2D eigenvalue weighted by atomic mass is 10.1. The number of aliphatic hydroxyl groups excluding tert-OH is 1. The normalized spacial score (nSPS) is 19.7. The Morgan fingerprint density at radius 3 is 3.00 bits per heavy atom. The van der Waals surface area contributed by atoms with E-state index in [0.717, 1.165) is 47.6 Å². The number of anilines is 1. The third kappa shape index (κ3) is 3.22. The van der Waals surface area contributed by atoms with E-state index in [1.165, 1.54) is 6.42 Å². The zero-order valence-corrected chi connectivity index (χ0v) is 15.9. The molecule has 3 heterocycles. The van der Waals surface area contributed by atoms with Gasteiger partial charge in [-0.05, 0) is 32.9 Å². The quantitative estimate of drug-likeness (QED) is 0.729. The first-order valence-electron chi connectivity index (χ1n) is 9.11. The minimum Gasteiger partial charge on any atom is -0.423 e. The molecule has 2 atom stereocenters. The minimum atomic E-state index is -0.602. The monoisotopic (exact) mass is 372 g/mol. The maximum absolute atomic E-state index is 10.2. The van der Waals surface area contributed by atoms with Crippen LogP contribution >= 0.6 is 11.3 Å². The van der Waals surface area contributed by atoms with Gasteiger partial charge in [0.15, 0.2) is 5.58 Å². The number of benzene rings is 1. The van der Waals surface area contributed by atoms with Gasteiger partial charge in [0.1, 0.15) is 10.5 Å². The van der Waals surface area contributed by atoms with E-state index >= 15 is 0 Å². The largest absolute Gasteiger partial charge is 0.423 e. The molecular weight excluding hydrogens is 348 g/mol. The van der Waals surface area contributed by atoms with Crippen LogP contribution in [0.5, 0.6) is 0 Å². The summed E-state index contributed by atoms with van der Waals surface area (Å²) in [5, 5.41) is 16.4. The van der Waals surface area contributed by atoms with Gasteiger partial charge in [0.05, 0.1) is 11.7 Å². The van der Waals surface area contributed by atoms with Gasteiger partial charge in [-0.3, -0.25) is 0 Å². The Kier molecular flexibility index (Phi) is 4.93. The van der Waals surface area contributed by atoms with Crippen molar-refractivity contribution in [2.24, 2.45) is 0 Å². The van der Waals surface area contributed by atoms with E-state index in [0.29, 0.717) is 17.6 Å². The van der Waals surface area contributed by atoms with Crippen LogP contribution in [0.3, 0.4) is 0 Å². The van der Waals surface area contributed by atoms with Crippen LogP contribution in [-0.2, 0) is 0 Å². The summed E-state index contributed by atoms with van der Waals surface area (Å²) in [6.07, 6.45) is 4.68. The molecule has 7 heteroatoms. The number of nitrogens with zero attached hydrogens (tertiary/aromatic N) is 3. The van der Waals surface area contributed by atoms with Crippen LogP contribution in [0.2, 0.25) is 0 Å². The zero-order chi connectivity index (χ0) is 18.1. The van der Waals surface area contributed by atoms with Crippen LogP contribution < -0.4 is 10.2 Å². The molecule has 0 spiro atoms. The van der Waals surface area contributed by atoms with Crippen LogP contribution in [0.25, 0.3) is 21.7 Å². The first-order valence-corrected chi connectivity index (χ1v) is 9.99. The molecule has 1 fully saturated rings. The number of aliphatic hydroxyl groups is 1. The summed E-state index contributed by atoms with van der Waals surface area (Å²) < 4.78 is 6.24. The van der Waals surface area contributed by atoms with E-state index in [4.69, 9.17) is 9.40 Å². The minimum absolute atomic E-state index is 0.433. The van der Waals surface area contributed by atoms with E-state index in [1.807, 2.05) is 24.6 Å². The molecule has 2 aromatic heterocycles. The van der Waals surface area contributed by atoms with E-state index in [-0.39, 0.29) is 0 Å². The van der Waals surface area contributed by atoms with Gasteiger partial charge < -0.3 is 19.7 Å². The Bertz CT molecular complexity index is 875. The van der Waals surface area contributed by atoms with Gasteiger partial charge in [-0.25, -0.2) is 4.98 Å². The van der Waals surface area contributed by atoms with Gasteiger partial charge in [0.2, 0.25) is 0 Å². The second-order valence-electron chi connectivity index (χ2n) is 6.82. The lowest BCUT2D eigenvalue weighted by Crippen LogP contribution is -2.38. The van der Waals surface area contributed by atoms with Crippen molar-refractivity contribution < 1.29 is 9.52 Å². The smallest absolute Gasteiger partial charge is 0.298 e. The molecule has 1 aliphatic heterocycles. The second kappa shape index (κ2) is 7.34. The van der Waals surface area contributed by atoms with Gasteiger partial charge in [0.25, 0.3) is 6.01 Å². The summed E-state index contributed by atoms with van der Waals surface area (Å²) in [7, 11) is 2.01. The van der Waals surface area contributed by atoms with E-state index in [9.17, 15) is 5.11 Å². The highest BCUT2D eigenvalue weighted by Crippen LogP contribution is 2.36. The van der Waals surface area contributed by atoms with Gasteiger partial charge in [-0.2, -0.15) is 4.98 Å². The Morgan fingerprint density at radius 2 is 2.27 bits per heavy atom. The zero-order valence-electron chi connectivity index (χ0n) is 15.1. The van der Waals surface area contributed by atoms with Crippen molar-refractivity contribution in [2.75, 3.05) is 25.0 Å². The third-order valence-corrected chi connectivity index (χ3v) is 5.83. The molecule has 6 nitrogen and oxygen atoms in total. The summed E-state index contributed by atoms with van der Waals surface area (Å²) in [6.45, 7) is 3.57. The highest BCUT2D eigenvalue weighted by Gasteiger charge is 2.24. The topological polar surface area (TPSA) is 74.4 Å². The van der Waals surface area contributed by atoms with Gasteiger partial charge >= 0.3 is 0 Å². The molecular formula is C19H24N4O2S. The summed E-state index contributed by atoms with van der Waals surface area (Å²) in [6, 6.07) is 4.96. The Hall–Kier alpha value is -1.96. The Balaban J connectivity index is 1.81. The molecule has 26 heavy (non-hydrogen) atoms. The summed E-state index contributed by atoms with van der Waals surface area (Å²) in [4.78, 5) is 11.4. The maximum atomic E-state index is 10.2. The number of hydrogen-bond donors (Lipinski definition) is 2. The lowest BCUT2D eigenvalue weighted by molar-refractivity contribution is 0.200. The molecule has 2 N–H and O–H groups in total. The van der Waals surface area contributed by atoms with Gasteiger partial charge in [-0.15, -0.1) is 11.3 Å². The number of thiazole rings is 1. The van der Waals surface area contributed by atoms with Crippen molar-refractivity contribution in [3.8, 4) is 10.6 Å². The number of rotatable bonds is 4. The number of fused-ring (bicyclic) bond motifs is 1. The summed E-state index contributed by atoms with van der Waals surface area (Å²) in [5.41, 5.74) is 3.15. The van der Waals surface area contributed by atoms with Crippen LogP contribution in [0.15, 0.2) is 28.1 Å². The first kappa shape index (κ1) is 17.5. The van der Waals surface area contributed by atoms with Crippen molar-refractivity contribution in [3.05, 3.63) is 29.3 Å². The van der Waals surface area contributed by atoms with Crippen LogP contribution in [0.1, 0.15) is 37.9 Å². The van der Waals surface area contributed by atoms with Crippen molar-refractivity contribution in [3.63, 3.8) is 0 Å². The molecule has 0 radical (unpaired) electrons. The van der Waals surface area contributed by atoms with Gasteiger partial charge in [-0.1, -0.05) is 12.5 Å². The predicted octanol–water partition coefficient (Wildman–Crippen LogP) is 3.58. The molecule has 2 unspecified atom stereocenters. The molecule has 4 rings (SSSR count). The van der Waals surface area contributed by atoms with E-state index in [2.05, 4.69) is 15.2 Å². The maximum Gasteiger partial charge on any atom is 0.298 e. The molecule has 1 aliphatic rings. The molecule has 1 saturated heterocycles. The predicted molar refractivity (Wildman–Crippen MR) is 105 cm³/mol. The summed E-state index contributed by atoms with van der Waals surface area (Å²) >= 11 is 1.57. The average Bonchev–Trinajstić information content (AvgIpc) is 3.26. The number of oxazole rings is 1. The fourth-order valence-corrected chi connectivity index (χ4v) is 4.22. The van der Waals surface area contributed by atoms with E-state index in [1.54, 1.807) is 24.5 Å². The molecule has 1 aromatic carbocycles. The highest BCUT2D eigenvalue weighted by atomic mass is 32.1. The highest BCUT2D eigenvalue weighted by molar-refractivity contribution is 7.13. The molecule has 0 bridgehead atoms. The molecule has 0 aliphatic carbocycles. The van der Waals surface area contributed by atoms with Crippen molar-refractivity contribution in [2.45, 2.75) is 38.3 Å². The standard InChI is InChI=1S/C19H24N4O2S/c1-12(24)14-6-7-15(18-21-8-10-26-18)17-16(14)22-19(25-17)23-9-4-3-5-13(11-23)20-2/h6-8,10,12-13,20,24H,3-5,9,11H2,1-2H3. The first-order chi connectivity index (χ1) is 12.7. The SMILES string of the molecule is CNC1CCCCN(c2nc3c(C(C)O)ccc(-c4nccs4)c3o2)C1.